The van der Waals surface area contributed by atoms with Gasteiger partial charge in [0.25, 0.3) is 0 Å². The quantitative estimate of drug-likeness (QED) is 0.769. The zero-order valence-corrected chi connectivity index (χ0v) is 12.1. The van der Waals surface area contributed by atoms with Gasteiger partial charge in [0, 0.05) is 18.7 Å². The number of hydrogen-bond donors (Lipinski definition) is 1. The van der Waals surface area contributed by atoms with E-state index in [0.717, 1.165) is 18.3 Å². The van der Waals surface area contributed by atoms with Crippen LogP contribution in [0.25, 0.3) is 0 Å². The Labute approximate surface area is 115 Å². The van der Waals surface area contributed by atoms with Crippen LogP contribution in [0.3, 0.4) is 0 Å². The van der Waals surface area contributed by atoms with Crippen molar-refractivity contribution in [3.05, 3.63) is 18.2 Å². The maximum Gasteiger partial charge on any atom is 0.146 e. The highest BCUT2D eigenvalue weighted by atomic mass is 16.5. The molecule has 0 atom stereocenters. The van der Waals surface area contributed by atoms with Crippen molar-refractivity contribution in [1.29, 1.82) is 0 Å². The molecule has 1 saturated carbocycles. The maximum atomic E-state index is 5.87. The molecule has 0 spiro atoms. The molecule has 0 saturated heterocycles. The molecule has 0 heterocycles. The van der Waals surface area contributed by atoms with E-state index < -0.39 is 0 Å². The van der Waals surface area contributed by atoms with Gasteiger partial charge < -0.3 is 20.1 Å². The normalized spacial score (nSPS) is 15.0. The van der Waals surface area contributed by atoms with E-state index in [4.69, 9.17) is 15.2 Å². The van der Waals surface area contributed by atoms with Crippen molar-refractivity contribution in [2.75, 3.05) is 25.9 Å². The van der Waals surface area contributed by atoms with E-state index in [0.29, 0.717) is 18.0 Å². The lowest BCUT2D eigenvalue weighted by Crippen LogP contribution is -2.26. The van der Waals surface area contributed by atoms with Gasteiger partial charge in [-0.3, -0.25) is 0 Å². The molecule has 106 valence electrons. The second-order valence-corrected chi connectivity index (χ2v) is 5.43. The molecule has 0 aliphatic heterocycles. The van der Waals surface area contributed by atoms with Crippen molar-refractivity contribution < 1.29 is 9.47 Å². The molecular weight excluding hydrogens is 240 g/mol. The van der Waals surface area contributed by atoms with Gasteiger partial charge in [-0.2, -0.15) is 0 Å². The molecule has 0 amide bonds. The van der Waals surface area contributed by atoms with Crippen molar-refractivity contribution in [2.45, 2.75) is 38.8 Å². The van der Waals surface area contributed by atoms with Gasteiger partial charge in [0.05, 0.1) is 11.8 Å². The number of nitrogens with two attached hydrogens (primary N) is 1. The molecule has 19 heavy (non-hydrogen) atoms. The third kappa shape index (κ3) is 4.31. The molecule has 1 aromatic rings. The van der Waals surface area contributed by atoms with Crippen LogP contribution < -0.4 is 15.2 Å². The van der Waals surface area contributed by atoms with Crippen LogP contribution in [0, 0.1) is 0 Å². The Kier molecular flexibility index (Phi) is 4.53. The Morgan fingerprint density at radius 3 is 2.74 bits per heavy atom. The summed E-state index contributed by atoms with van der Waals surface area (Å²) in [6.45, 7) is 5.61. The smallest absolute Gasteiger partial charge is 0.146 e. The minimum Gasteiger partial charge on any atom is -0.492 e. The molecule has 1 aliphatic rings. The molecular formula is C15H24N2O2. The van der Waals surface area contributed by atoms with Crippen molar-refractivity contribution in [3.63, 3.8) is 0 Å². The van der Waals surface area contributed by atoms with Crippen LogP contribution in [-0.4, -0.2) is 37.2 Å². The third-order valence-electron chi connectivity index (χ3n) is 3.23. The second kappa shape index (κ2) is 6.15. The van der Waals surface area contributed by atoms with Crippen LogP contribution in [-0.2, 0) is 0 Å². The zero-order valence-electron chi connectivity index (χ0n) is 12.1. The van der Waals surface area contributed by atoms with Crippen LogP contribution in [0.2, 0.25) is 0 Å². The lowest BCUT2D eigenvalue weighted by molar-refractivity contribution is 0.226. The summed E-state index contributed by atoms with van der Waals surface area (Å²) in [7, 11) is 2.15. The number of ether oxygens (including phenoxy) is 2. The van der Waals surface area contributed by atoms with Crippen molar-refractivity contribution >= 4 is 5.69 Å². The van der Waals surface area contributed by atoms with Gasteiger partial charge in [-0.25, -0.2) is 0 Å². The summed E-state index contributed by atoms with van der Waals surface area (Å²) < 4.78 is 11.4. The van der Waals surface area contributed by atoms with Gasteiger partial charge in [-0.15, -0.1) is 0 Å². The van der Waals surface area contributed by atoms with Gasteiger partial charge in [-0.05, 0) is 45.9 Å². The third-order valence-corrected chi connectivity index (χ3v) is 3.23. The summed E-state index contributed by atoms with van der Waals surface area (Å²) in [6, 6.07) is 6.36. The molecule has 1 aliphatic carbocycles. The van der Waals surface area contributed by atoms with E-state index >= 15 is 0 Å². The Hall–Kier alpha value is -1.42. The van der Waals surface area contributed by atoms with Gasteiger partial charge in [0.15, 0.2) is 0 Å². The maximum absolute atomic E-state index is 5.87. The molecule has 4 heteroatoms. The SMILES string of the molecule is CC(C)Oc1cc(OCCN(C)C2CC2)ccc1N. The largest absolute Gasteiger partial charge is 0.492 e. The van der Waals surface area contributed by atoms with Crippen LogP contribution in [0.1, 0.15) is 26.7 Å². The van der Waals surface area contributed by atoms with Crippen LogP contribution >= 0.6 is 0 Å². The molecule has 1 aromatic carbocycles. The predicted octanol–water partition coefficient (Wildman–Crippen LogP) is 2.53. The monoisotopic (exact) mass is 264 g/mol. The molecule has 1 fully saturated rings. The fraction of sp³-hybridized carbons (Fsp3) is 0.600. The Bertz CT molecular complexity index is 417. The predicted molar refractivity (Wildman–Crippen MR) is 77.8 cm³/mol. The van der Waals surface area contributed by atoms with Crippen LogP contribution in [0.5, 0.6) is 11.5 Å². The van der Waals surface area contributed by atoms with Gasteiger partial charge in [0.2, 0.25) is 0 Å². The van der Waals surface area contributed by atoms with E-state index in [1.807, 2.05) is 32.0 Å². The summed E-state index contributed by atoms with van der Waals surface area (Å²) in [5.41, 5.74) is 6.52. The summed E-state index contributed by atoms with van der Waals surface area (Å²) in [6.07, 6.45) is 2.76. The number of anilines is 1. The second-order valence-electron chi connectivity index (χ2n) is 5.43. The van der Waals surface area contributed by atoms with Gasteiger partial charge in [0.1, 0.15) is 18.1 Å². The fourth-order valence-corrected chi connectivity index (χ4v) is 1.97. The standard InChI is InChI=1S/C15H24N2O2/c1-11(2)19-15-10-13(6-7-14(15)16)18-9-8-17(3)12-4-5-12/h6-7,10-12H,4-5,8-9,16H2,1-3H3. The highest BCUT2D eigenvalue weighted by molar-refractivity contribution is 5.55. The van der Waals surface area contributed by atoms with Crippen LogP contribution in [0.4, 0.5) is 5.69 Å². The number of likely N-dealkylation sites (N-methyl/N-ethyl adjacent to an activating group) is 1. The Morgan fingerprint density at radius 2 is 2.11 bits per heavy atom. The van der Waals surface area contributed by atoms with E-state index in [1.165, 1.54) is 12.8 Å². The molecule has 2 N–H and O–H groups in total. The average molecular weight is 264 g/mol. The fourth-order valence-electron chi connectivity index (χ4n) is 1.97. The molecule has 0 bridgehead atoms. The minimum absolute atomic E-state index is 0.110. The first kappa shape index (κ1) is 14.0. The summed E-state index contributed by atoms with van der Waals surface area (Å²) >= 11 is 0. The van der Waals surface area contributed by atoms with E-state index in [-0.39, 0.29) is 6.10 Å². The molecule has 0 unspecified atom stereocenters. The first-order valence-corrected chi connectivity index (χ1v) is 6.95. The average Bonchev–Trinajstić information content (AvgIpc) is 3.16. The van der Waals surface area contributed by atoms with Gasteiger partial charge in [-0.1, -0.05) is 0 Å². The first-order chi connectivity index (χ1) is 9.06. The number of nitrogen functional groups attached to an aromatic ring is 1. The highest BCUT2D eigenvalue weighted by Crippen LogP contribution is 2.28. The van der Waals surface area contributed by atoms with Gasteiger partial charge >= 0.3 is 0 Å². The van der Waals surface area contributed by atoms with Crippen molar-refractivity contribution in [2.24, 2.45) is 0 Å². The lowest BCUT2D eigenvalue weighted by atomic mass is 10.3. The van der Waals surface area contributed by atoms with Crippen molar-refractivity contribution in [3.8, 4) is 11.5 Å². The number of rotatable bonds is 7. The highest BCUT2D eigenvalue weighted by Gasteiger charge is 2.25. The Morgan fingerprint density at radius 1 is 1.37 bits per heavy atom. The summed E-state index contributed by atoms with van der Waals surface area (Å²) in [4.78, 5) is 2.35. The number of hydrogen-bond acceptors (Lipinski definition) is 4. The number of nitrogens with zero attached hydrogens (tertiary/aromatic N) is 1. The van der Waals surface area contributed by atoms with Crippen LogP contribution in [0.15, 0.2) is 18.2 Å². The Balaban J connectivity index is 1.85. The summed E-state index contributed by atoms with van der Waals surface area (Å²) in [5.74, 6) is 1.51. The van der Waals surface area contributed by atoms with E-state index in [2.05, 4.69) is 11.9 Å². The lowest BCUT2D eigenvalue weighted by Gasteiger charge is -2.17. The molecule has 2 rings (SSSR count). The van der Waals surface area contributed by atoms with Crippen molar-refractivity contribution in [1.82, 2.24) is 4.90 Å². The summed E-state index contributed by atoms with van der Waals surface area (Å²) in [5, 5.41) is 0. The molecule has 4 nitrogen and oxygen atoms in total. The molecule has 0 radical (unpaired) electrons. The number of benzene rings is 1. The zero-order chi connectivity index (χ0) is 13.8. The molecule has 0 aromatic heterocycles. The van der Waals surface area contributed by atoms with E-state index in [9.17, 15) is 0 Å². The topological polar surface area (TPSA) is 47.7 Å². The first-order valence-electron chi connectivity index (χ1n) is 6.95. The van der Waals surface area contributed by atoms with E-state index in [1.54, 1.807) is 0 Å². The minimum atomic E-state index is 0.110.